The van der Waals surface area contributed by atoms with Crippen LogP contribution in [0.15, 0.2) is 42.5 Å². The topological polar surface area (TPSA) is 70.2 Å². The van der Waals surface area contributed by atoms with E-state index in [1.165, 1.54) is 0 Å². The Morgan fingerprint density at radius 1 is 0.870 bits per heavy atom. The Morgan fingerprint density at radius 3 is 2.30 bits per heavy atom. The molecule has 0 radical (unpaired) electrons. The molecule has 2 aromatic rings. The number of urea groups is 1. The number of carbonyl (C=O) groups excluding carboxylic acids is 2. The van der Waals surface area contributed by atoms with Gasteiger partial charge in [-0.15, -0.1) is 0 Å². The zero-order valence-electron chi connectivity index (χ0n) is 13.6. The molecule has 5 nitrogen and oxygen atoms in total. The highest BCUT2D eigenvalue weighted by Crippen LogP contribution is 2.13. The van der Waals surface area contributed by atoms with E-state index in [0.717, 1.165) is 16.7 Å². The molecule has 5 heteroatoms. The lowest BCUT2D eigenvalue weighted by molar-refractivity contribution is -0.115. The Kier molecular flexibility index (Phi) is 5.36. The molecule has 0 unspecified atom stereocenters. The van der Waals surface area contributed by atoms with E-state index in [0.29, 0.717) is 11.4 Å². The minimum atomic E-state index is -0.410. The lowest BCUT2D eigenvalue weighted by atomic mass is 10.1. The largest absolute Gasteiger partial charge is 0.329 e. The van der Waals surface area contributed by atoms with Gasteiger partial charge in [-0.3, -0.25) is 4.79 Å². The normalized spacial score (nSPS) is 10.0. The van der Waals surface area contributed by atoms with Gasteiger partial charge in [0.15, 0.2) is 0 Å². The number of amides is 3. The van der Waals surface area contributed by atoms with Gasteiger partial charge >= 0.3 is 6.03 Å². The number of rotatable bonds is 4. The van der Waals surface area contributed by atoms with Crippen LogP contribution in [0.5, 0.6) is 0 Å². The molecule has 0 atom stereocenters. The van der Waals surface area contributed by atoms with Crippen LogP contribution in [0.3, 0.4) is 0 Å². The Labute approximate surface area is 136 Å². The Bertz CT molecular complexity index is 726. The number of hydrogen-bond acceptors (Lipinski definition) is 2. The summed E-state index contributed by atoms with van der Waals surface area (Å²) in [5, 5.41) is 7.98. The third kappa shape index (κ3) is 5.14. The molecular weight excluding hydrogens is 290 g/mol. The molecule has 0 spiro atoms. The highest BCUT2D eigenvalue weighted by molar-refractivity contribution is 5.97. The van der Waals surface area contributed by atoms with E-state index in [9.17, 15) is 9.59 Å². The van der Waals surface area contributed by atoms with Crippen molar-refractivity contribution in [3.63, 3.8) is 0 Å². The van der Waals surface area contributed by atoms with Crippen LogP contribution in [0, 0.1) is 20.8 Å². The summed E-state index contributed by atoms with van der Waals surface area (Å²) in [4.78, 5) is 23.6. The summed E-state index contributed by atoms with van der Waals surface area (Å²) in [6.07, 6.45) is 0. The van der Waals surface area contributed by atoms with Gasteiger partial charge in [0.05, 0.1) is 6.54 Å². The van der Waals surface area contributed by atoms with Crippen LogP contribution in [0.4, 0.5) is 16.2 Å². The van der Waals surface area contributed by atoms with Crippen LogP contribution in [0.2, 0.25) is 0 Å². The van der Waals surface area contributed by atoms with E-state index < -0.39 is 6.03 Å². The van der Waals surface area contributed by atoms with E-state index in [2.05, 4.69) is 16.0 Å². The van der Waals surface area contributed by atoms with Crippen LogP contribution in [0.1, 0.15) is 16.7 Å². The molecule has 0 saturated carbocycles. The second kappa shape index (κ2) is 7.45. The monoisotopic (exact) mass is 311 g/mol. The number of anilines is 2. The third-order valence-corrected chi connectivity index (χ3v) is 3.48. The van der Waals surface area contributed by atoms with Gasteiger partial charge in [0, 0.05) is 11.4 Å². The van der Waals surface area contributed by atoms with Crippen molar-refractivity contribution in [2.24, 2.45) is 0 Å². The summed E-state index contributed by atoms with van der Waals surface area (Å²) in [6.45, 7) is 5.85. The van der Waals surface area contributed by atoms with Crippen molar-refractivity contribution >= 4 is 23.3 Å². The summed E-state index contributed by atoms with van der Waals surface area (Å²) in [7, 11) is 0. The van der Waals surface area contributed by atoms with Crippen molar-refractivity contribution in [1.29, 1.82) is 0 Å². The molecule has 3 N–H and O–H groups in total. The molecule has 2 aromatic carbocycles. The van der Waals surface area contributed by atoms with Gasteiger partial charge in [-0.1, -0.05) is 18.2 Å². The van der Waals surface area contributed by atoms with E-state index in [1.807, 2.05) is 57.2 Å². The first-order valence-corrected chi connectivity index (χ1v) is 7.42. The predicted molar refractivity (Wildman–Crippen MR) is 92.7 cm³/mol. The van der Waals surface area contributed by atoms with E-state index >= 15 is 0 Å². The highest BCUT2D eigenvalue weighted by Gasteiger charge is 2.06. The highest BCUT2D eigenvalue weighted by atomic mass is 16.2. The van der Waals surface area contributed by atoms with E-state index in [-0.39, 0.29) is 12.5 Å². The Morgan fingerprint density at radius 2 is 1.61 bits per heavy atom. The molecule has 0 heterocycles. The minimum absolute atomic E-state index is 0.0926. The van der Waals surface area contributed by atoms with Gasteiger partial charge in [-0.25, -0.2) is 4.79 Å². The van der Waals surface area contributed by atoms with Gasteiger partial charge in [0.2, 0.25) is 5.91 Å². The summed E-state index contributed by atoms with van der Waals surface area (Å²) in [5.41, 5.74) is 4.73. The molecule has 120 valence electrons. The van der Waals surface area contributed by atoms with Gasteiger partial charge < -0.3 is 16.0 Å². The zero-order valence-corrected chi connectivity index (χ0v) is 13.6. The van der Waals surface area contributed by atoms with Crippen molar-refractivity contribution in [2.75, 3.05) is 17.2 Å². The lowest BCUT2D eigenvalue weighted by Gasteiger charge is -2.10. The molecule has 0 aromatic heterocycles. The van der Waals surface area contributed by atoms with Crippen molar-refractivity contribution in [1.82, 2.24) is 5.32 Å². The first-order chi connectivity index (χ1) is 10.9. The number of aryl methyl sites for hydroxylation is 3. The third-order valence-electron chi connectivity index (χ3n) is 3.48. The predicted octanol–water partition coefficient (Wildman–Crippen LogP) is 3.37. The standard InChI is InChI=1S/C18H21N3O2/c1-12-5-4-6-15(9-12)20-17(22)11-19-18(23)21-16-8-7-13(2)14(3)10-16/h4-10H,11H2,1-3H3,(H,20,22)(H2,19,21,23). The van der Waals surface area contributed by atoms with Crippen molar-refractivity contribution in [2.45, 2.75) is 20.8 Å². The van der Waals surface area contributed by atoms with Crippen LogP contribution in [-0.2, 0) is 4.79 Å². The smallest absolute Gasteiger partial charge is 0.319 e. The van der Waals surface area contributed by atoms with Crippen molar-refractivity contribution < 1.29 is 9.59 Å². The lowest BCUT2D eigenvalue weighted by Crippen LogP contribution is -2.35. The average molecular weight is 311 g/mol. The maximum absolute atomic E-state index is 11.8. The number of benzene rings is 2. The molecule has 0 aliphatic heterocycles. The Hall–Kier alpha value is -2.82. The van der Waals surface area contributed by atoms with Gasteiger partial charge in [0.1, 0.15) is 0 Å². The molecule has 0 bridgehead atoms. The SMILES string of the molecule is Cc1cccc(NC(=O)CNC(=O)Nc2ccc(C)c(C)c2)c1. The van der Waals surface area contributed by atoms with Gasteiger partial charge in [0.25, 0.3) is 0 Å². The molecule has 23 heavy (non-hydrogen) atoms. The molecule has 0 fully saturated rings. The zero-order chi connectivity index (χ0) is 16.8. The second-order valence-electron chi connectivity index (χ2n) is 5.52. The maximum Gasteiger partial charge on any atom is 0.319 e. The summed E-state index contributed by atoms with van der Waals surface area (Å²) < 4.78 is 0. The number of hydrogen-bond donors (Lipinski definition) is 3. The van der Waals surface area contributed by atoms with Gasteiger partial charge in [-0.2, -0.15) is 0 Å². The first-order valence-electron chi connectivity index (χ1n) is 7.42. The molecule has 0 aliphatic rings. The van der Waals surface area contributed by atoms with Crippen molar-refractivity contribution in [3.05, 3.63) is 59.2 Å². The first kappa shape index (κ1) is 16.5. The number of nitrogens with one attached hydrogen (secondary N) is 3. The van der Waals surface area contributed by atoms with Gasteiger partial charge in [-0.05, 0) is 61.7 Å². The summed E-state index contributed by atoms with van der Waals surface area (Å²) >= 11 is 0. The summed E-state index contributed by atoms with van der Waals surface area (Å²) in [5.74, 6) is -0.272. The van der Waals surface area contributed by atoms with E-state index in [1.54, 1.807) is 6.07 Å². The maximum atomic E-state index is 11.8. The fourth-order valence-electron chi connectivity index (χ4n) is 2.08. The van der Waals surface area contributed by atoms with Crippen LogP contribution in [0.25, 0.3) is 0 Å². The van der Waals surface area contributed by atoms with Crippen LogP contribution in [-0.4, -0.2) is 18.5 Å². The van der Waals surface area contributed by atoms with Crippen LogP contribution >= 0.6 is 0 Å². The van der Waals surface area contributed by atoms with Crippen molar-refractivity contribution in [3.8, 4) is 0 Å². The van der Waals surface area contributed by atoms with E-state index in [4.69, 9.17) is 0 Å². The molecule has 2 rings (SSSR count). The minimum Gasteiger partial charge on any atom is -0.329 e. The summed E-state index contributed by atoms with van der Waals surface area (Å²) in [6, 6.07) is 12.7. The molecular formula is C18H21N3O2. The second-order valence-corrected chi connectivity index (χ2v) is 5.52. The fraction of sp³-hybridized carbons (Fsp3) is 0.222. The average Bonchev–Trinajstić information content (AvgIpc) is 2.49. The molecule has 3 amide bonds. The molecule has 0 aliphatic carbocycles. The molecule has 0 saturated heterocycles. The number of carbonyl (C=O) groups is 2. The quantitative estimate of drug-likeness (QED) is 0.810. The fourth-order valence-corrected chi connectivity index (χ4v) is 2.08. The Balaban J connectivity index is 1.81. The van der Waals surface area contributed by atoms with Crippen LogP contribution < -0.4 is 16.0 Å².